The lowest BCUT2D eigenvalue weighted by atomic mass is 10.4. The number of thiophene rings is 1. The summed E-state index contributed by atoms with van der Waals surface area (Å²) in [6.45, 7) is 3.23. The molecule has 1 aromatic rings. The fourth-order valence-electron chi connectivity index (χ4n) is 1.11. The monoisotopic (exact) mass is 167 g/mol. The lowest BCUT2D eigenvalue weighted by Gasteiger charge is -1.97. The minimum Gasteiger partial charge on any atom is -0.309 e. The molecular weight excluding hydrogens is 154 g/mol. The lowest BCUT2D eigenvalue weighted by molar-refractivity contribution is 0.695. The Balaban J connectivity index is 1.85. The third-order valence-corrected chi connectivity index (χ3v) is 2.94. The molecule has 0 aliphatic heterocycles. The summed E-state index contributed by atoms with van der Waals surface area (Å²) in [5.74, 6) is 0. The van der Waals surface area contributed by atoms with E-state index in [-0.39, 0.29) is 0 Å². The zero-order valence-electron chi connectivity index (χ0n) is 6.76. The molecule has 0 radical (unpaired) electrons. The van der Waals surface area contributed by atoms with Crippen LogP contribution in [0.25, 0.3) is 0 Å². The summed E-state index contributed by atoms with van der Waals surface area (Å²) >= 11 is 1.89. The van der Waals surface area contributed by atoms with Crippen LogP contribution in [0.15, 0.2) is 12.1 Å². The zero-order chi connectivity index (χ0) is 7.68. The van der Waals surface area contributed by atoms with Gasteiger partial charge in [0.1, 0.15) is 0 Å². The number of aryl methyl sites for hydroxylation is 1. The first kappa shape index (κ1) is 7.32. The Morgan fingerprint density at radius 1 is 1.55 bits per heavy atom. The molecule has 1 saturated carbocycles. The maximum Gasteiger partial charge on any atom is 0.0302 e. The number of nitrogens with one attached hydrogen (secondary N) is 1. The Hall–Kier alpha value is -0.340. The van der Waals surface area contributed by atoms with Crippen molar-refractivity contribution in [1.29, 1.82) is 0 Å². The van der Waals surface area contributed by atoms with Crippen molar-refractivity contribution in [3.8, 4) is 0 Å². The smallest absolute Gasteiger partial charge is 0.0302 e. The molecule has 1 fully saturated rings. The van der Waals surface area contributed by atoms with Crippen LogP contribution in [0.1, 0.15) is 22.6 Å². The van der Waals surface area contributed by atoms with Crippen molar-refractivity contribution in [2.24, 2.45) is 0 Å². The van der Waals surface area contributed by atoms with E-state index in [9.17, 15) is 0 Å². The van der Waals surface area contributed by atoms with Gasteiger partial charge < -0.3 is 5.32 Å². The highest BCUT2D eigenvalue weighted by Gasteiger charge is 2.19. The summed E-state index contributed by atoms with van der Waals surface area (Å²) in [4.78, 5) is 2.88. The van der Waals surface area contributed by atoms with E-state index in [2.05, 4.69) is 24.4 Å². The summed E-state index contributed by atoms with van der Waals surface area (Å²) in [5, 5.41) is 3.50. The van der Waals surface area contributed by atoms with Gasteiger partial charge in [0.2, 0.25) is 0 Å². The van der Waals surface area contributed by atoms with Gasteiger partial charge in [0, 0.05) is 22.3 Å². The van der Waals surface area contributed by atoms with Crippen LogP contribution in [0.2, 0.25) is 0 Å². The normalized spacial score (nSPS) is 17.2. The Bertz CT molecular complexity index is 237. The van der Waals surface area contributed by atoms with Crippen LogP contribution in [-0.2, 0) is 6.54 Å². The maximum atomic E-state index is 3.50. The molecule has 1 nitrogen and oxygen atoms in total. The van der Waals surface area contributed by atoms with Crippen LogP contribution < -0.4 is 5.32 Å². The predicted octanol–water partition coefficient (Wildman–Crippen LogP) is 2.31. The van der Waals surface area contributed by atoms with Gasteiger partial charge >= 0.3 is 0 Å². The van der Waals surface area contributed by atoms with Gasteiger partial charge in [-0.1, -0.05) is 0 Å². The molecule has 0 amide bonds. The Morgan fingerprint density at radius 3 is 2.91 bits per heavy atom. The Morgan fingerprint density at radius 2 is 2.36 bits per heavy atom. The van der Waals surface area contributed by atoms with Crippen LogP contribution in [0.3, 0.4) is 0 Å². The van der Waals surface area contributed by atoms with Gasteiger partial charge in [-0.25, -0.2) is 0 Å². The van der Waals surface area contributed by atoms with Gasteiger partial charge in [-0.2, -0.15) is 0 Å². The number of hydrogen-bond acceptors (Lipinski definition) is 2. The fourth-order valence-corrected chi connectivity index (χ4v) is 1.95. The molecule has 0 atom stereocenters. The van der Waals surface area contributed by atoms with Gasteiger partial charge in [0.25, 0.3) is 0 Å². The second kappa shape index (κ2) is 2.95. The van der Waals surface area contributed by atoms with Crippen molar-refractivity contribution >= 4 is 11.3 Å². The molecule has 0 spiro atoms. The van der Waals surface area contributed by atoms with Crippen LogP contribution in [-0.4, -0.2) is 6.04 Å². The molecule has 60 valence electrons. The fraction of sp³-hybridized carbons (Fsp3) is 0.556. The molecule has 0 saturated heterocycles. The average molecular weight is 167 g/mol. The second-order valence-corrected chi connectivity index (χ2v) is 4.54. The Labute approximate surface area is 71.4 Å². The summed E-state index contributed by atoms with van der Waals surface area (Å²) in [6, 6.07) is 5.24. The molecule has 11 heavy (non-hydrogen) atoms. The molecule has 1 heterocycles. The average Bonchev–Trinajstić information content (AvgIpc) is 2.72. The van der Waals surface area contributed by atoms with E-state index in [1.54, 1.807) is 0 Å². The van der Waals surface area contributed by atoms with Crippen molar-refractivity contribution in [1.82, 2.24) is 5.32 Å². The molecule has 0 aromatic carbocycles. The molecule has 1 N–H and O–H groups in total. The first-order chi connectivity index (χ1) is 5.34. The van der Waals surface area contributed by atoms with Gasteiger partial charge in [-0.3, -0.25) is 0 Å². The van der Waals surface area contributed by atoms with Gasteiger partial charge in [0.05, 0.1) is 0 Å². The lowest BCUT2D eigenvalue weighted by Crippen LogP contribution is -2.14. The van der Waals surface area contributed by atoms with Crippen molar-refractivity contribution in [2.45, 2.75) is 32.4 Å². The minimum atomic E-state index is 0.831. The summed E-state index contributed by atoms with van der Waals surface area (Å²) in [6.07, 6.45) is 2.76. The summed E-state index contributed by atoms with van der Waals surface area (Å²) < 4.78 is 0. The topological polar surface area (TPSA) is 12.0 Å². The van der Waals surface area contributed by atoms with E-state index in [0.29, 0.717) is 0 Å². The second-order valence-electron chi connectivity index (χ2n) is 3.17. The van der Waals surface area contributed by atoms with E-state index < -0.39 is 0 Å². The van der Waals surface area contributed by atoms with Crippen molar-refractivity contribution < 1.29 is 0 Å². The van der Waals surface area contributed by atoms with Gasteiger partial charge in [0.15, 0.2) is 0 Å². The molecule has 0 bridgehead atoms. The van der Waals surface area contributed by atoms with E-state index in [1.165, 1.54) is 22.6 Å². The summed E-state index contributed by atoms with van der Waals surface area (Å²) in [7, 11) is 0. The summed E-state index contributed by atoms with van der Waals surface area (Å²) in [5.41, 5.74) is 0. The standard InChI is InChI=1S/C9H13NS/c1-7-2-5-9(11-7)6-10-8-3-4-8/h2,5,8,10H,3-4,6H2,1H3. The quantitative estimate of drug-likeness (QED) is 0.728. The number of rotatable bonds is 3. The Kier molecular flexibility index (Phi) is 1.96. The van der Waals surface area contributed by atoms with Crippen molar-refractivity contribution in [2.75, 3.05) is 0 Å². The third kappa shape index (κ3) is 2.04. The zero-order valence-corrected chi connectivity index (χ0v) is 7.58. The van der Waals surface area contributed by atoms with E-state index >= 15 is 0 Å². The molecule has 1 aliphatic rings. The first-order valence-corrected chi connectivity index (χ1v) is 4.95. The van der Waals surface area contributed by atoms with E-state index in [4.69, 9.17) is 0 Å². The highest BCUT2D eigenvalue weighted by molar-refractivity contribution is 7.11. The van der Waals surface area contributed by atoms with E-state index in [1.807, 2.05) is 11.3 Å². The molecule has 2 rings (SSSR count). The molecule has 1 aromatic heterocycles. The SMILES string of the molecule is Cc1ccc(CNC2CC2)s1. The molecule has 0 unspecified atom stereocenters. The number of hydrogen-bond donors (Lipinski definition) is 1. The third-order valence-electron chi connectivity index (χ3n) is 1.94. The van der Waals surface area contributed by atoms with Crippen LogP contribution >= 0.6 is 11.3 Å². The van der Waals surface area contributed by atoms with Gasteiger partial charge in [-0.15, -0.1) is 11.3 Å². The maximum absolute atomic E-state index is 3.50. The molecule has 2 heteroatoms. The van der Waals surface area contributed by atoms with Crippen molar-refractivity contribution in [3.05, 3.63) is 21.9 Å². The van der Waals surface area contributed by atoms with Crippen molar-refractivity contribution in [3.63, 3.8) is 0 Å². The van der Waals surface area contributed by atoms with Crippen LogP contribution in [0.4, 0.5) is 0 Å². The highest BCUT2D eigenvalue weighted by Crippen LogP contribution is 2.21. The van der Waals surface area contributed by atoms with E-state index in [0.717, 1.165) is 12.6 Å². The van der Waals surface area contributed by atoms with Gasteiger partial charge in [-0.05, 0) is 31.9 Å². The molecular formula is C9H13NS. The minimum absolute atomic E-state index is 0.831. The van der Waals surface area contributed by atoms with Crippen LogP contribution in [0.5, 0.6) is 0 Å². The highest BCUT2D eigenvalue weighted by atomic mass is 32.1. The van der Waals surface area contributed by atoms with Crippen LogP contribution in [0, 0.1) is 6.92 Å². The predicted molar refractivity (Wildman–Crippen MR) is 48.9 cm³/mol. The largest absolute Gasteiger partial charge is 0.309 e. The molecule has 1 aliphatic carbocycles. The first-order valence-electron chi connectivity index (χ1n) is 4.13.